The highest BCUT2D eigenvalue weighted by atomic mass is 31.0. The van der Waals surface area contributed by atoms with E-state index >= 15 is 0 Å². The molecule has 2 aliphatic carbocycles. The number of rotatable bonds is 6. The lowest BCUT2D eigenvalue weighted by atomic mass is 9.78. The molecule has 4 rings (SSSR count). The van der Waals surface area contributed by atoms with Crippen LogP contribution in [0.4, 0.5) is 0 Å². The summed E-state index contributed by atoms with van der Waals surface area (Å²) in [6, 6.07) is -0.857. The van der Waals surface area contributed by atoms with Crippen molar-refractivity contribution in [3.8, 4) is 0 Å². The molecule has 0 spiro atoms. The Balaban J connectivity index is 1.40. The second kappa shape index (κ2) is 11.3. The number of methoxy groups -OCH3 is 1. The lowest BCUT2D eigenvalue weighted by molar-refractivity contribution is -0.247. The molecule has 204 valence electrons. The van der Waals surface area contributed by atoms with Crippen molar-refractivity contribution < 1.29 is 38.8 Å². The molecule has 11 unspecified atom stereocenters. The first-order valence-electron chi connectivity index (χ1n) is 13.5. The van der Waals surface area contributed by atoms with Crippen LogP contribution in [0.3, 0.4) is 0 Å². The summed E-state index contributed by atoms with van der Waals surface area (Å²) in [6.45, 7) is 3.84. The monoisotopic (exact) mass is 527 g/mol. The van der Waals surface area contributed by atoms with Crippen molar-refractivity contribution in [1.29, 1.82) is 0 Å². The molecule has 2 saturated heterocycles. The largest absolute Gasteiger partial charge is 0.461 e. The van der Waals surface area contributed by atoms with Crippen LogP contribution in [0, 0.1) is 23.7 Å². The Labute approximate surface area is 215 Å². The molecule has 0 aromatic heterocycles. The Morgan fingerprint density at radius 1 is 1.11 bits per heavy atom. The van der Waals surface area contributed by atoms with Crippen LogP contribution in [0.5, 0.6) is 0 Å². The number of piperidine rings is 1. The maximum absolute atomic E-state index is 13.3. The number of aliphatic hydroxyl groups is 2. The van der Waals surface area contributed by atoms with E-state index in [1.807, 2.05) is 6.92 Å². The molecular weight excluding hydrogens is 485 g/mol. The Kier molecular flexibility index (Phi) is 8.77. The molecule has 0 aromatic carbocycles. The third kappa shape index (κ3) is 5.37. The first kappa shape index (κ1) is 27.9. The molecule has 10 heteroatoms. The fourth-order valence-electron chi connectivity index (χ4n) is 6.84. The highest BCUT2D eigenvalue weighted by Crippen LogP contribution is 2.47. The number of ether oxygens (including phenoxy) is 3. The van der Waals surface area contributed by atoms with Crippen LogP contribution >= 0.6 is 9.24 Å². The van der Waals surface area contributed by atoms with E-state index in [0.29, 0.717) is 31.6 Å². The minimum Gasteiger partial charge on any atom is -0.461 e. The number of esters is 1. The number of carbonyl (C=O) groups excluding carboxylic acids is 3. The van der Waals surface area contributed by atoms with Gasteiger partial charge in [0.15, 0.2) is 0 Å². The molecule has 11 atom stereocenters. The number of amides is 1. The van der Waals surface area contributed by atoms with E-state index < -0.39 is 47.4 Å². The van der Waals surface area contributed by atoms with Crippen molar-refractivity contribution in [2.75, 3.05) is 13.7 Å². The van der Waals surface area contributed by atoms with Crippen LogP contribution in [0.2, 0.25) is 0 Å². The van der Waals surface area contributed by atoms with Crippen LogP contribution in [0.15, 0.2) is 0 Å². The Bertz CT molecular complexity index is 841. The van der Waals surface area contributed by atoms with Gasteiger partial charge < -0.3 is 29.3 Å². The van der Waals surface area contributed by atoms with Gasteiger partial charge in [-0.15, -0.1) is 9.24 Å². The summed E-state index contributed by atoms with van der Waals surface area (Å²) in [5.74, 6) is -4.71. The maximum atomic E-state index is 13.3. The Morgan fingerprint density at radius 2 is 1.86 bits per heavy atom. The van der Waals surface area contributed by atoms with E-state index in [4.69, 9.17) is 14.2 Å². The van der Waals surface area contributed by atoms with Crippen LogP contribution in [-0.2, 0) is 28.6 Å². The van der Waals surface area contributed by atoms with Gasteiger partial charge in [-0.2, -0.15) is 0 Å². The van der Waals surface area contributed by atoms with Crippen LogP contribution in [0.1, 0.15) is 71.6 Å². The van der Waals surface area contributed by atoms with E-state index in [1.165, 1.54) is 4.90 Å². The molecule has 1 amide bonds. The lowest BCUT2D eigenvalue weighted by Crippen LogP contribution is -2.60. The summed E-state index contributed by atoms with van der Waals surface area (Å²) in [5.41, 5.74) is 0. The van der Waals surface area contributed by atoms with Crippen molar-refractivity contribution in [1.82, 2.24) is 4.90 Å². The molecule has 0 radical (unpaired) electrons. The van der Waals surface area contributed by atoms with Crippen LogP contribution in [-0.4, -0.2) is 82.4 Å². The second-order valence-corrected chi connectivity index (χ2v) is 12.1. The number of aliphatic hydroxyl groups excluding tert-OH is 1. The summed E-state index contributed by atoms with van der Waals surface area (Å²) in [5, 5.41) is 21.3. The van der Waals surface area contributed by atoms with Gasteiger partial charge >= 0.3 is 5.97 Å². The van der Waals surface area contributed by atoms with E-state index in [9.17, 15) is 24.6 Å². The average molecular weight is 528 g/mol. The Morgan fingerprint density at radius 3 is 2.58 bits per heavy atom. The topological polar surface area (TPSA) is 123 Å². The third-order valence-corrected chi connectivity index (χ3v) is 9.57. The predicted octanol–water partition coefficient (Wildman–Crippen LogP) is 2.02. The summed E-state index contributed by atoms with van der Waals surface area (Å²) in [4.78, 5) is 41.0. The zero-order valence-corrected chi connectivity index (χ0v) is 22.8. The summed E-state index contributed by atoms with van der Waals surface area (Å²) < 4.78 is 17.0. The fourth-order valence-corrected chi connectivity index (χ4v) is 7.24. The first-order chi connectivity index (χ1) is 17.1. The minimum absolute atomic E-state index is 0.150. The number of hydrogen-bond donors (Lipinski definition) is 2. The quantitative estimate of drug-likeness (QED) is 0.306. The van der Waals surface area contributed by atoms with Crippen molar-refractivity contribution in [3.05, 3.63) is 0 Å². The van der Waals surface area contributed by atoms with Crippen LogP contribution < -0.4 is 0 Å². The zero-order valence-electron chi connectivity index (χ0n) is 21.6. The van der Waals surface area contributed by atoms with E-state index in [2.05, 4.69) is 9.24 Å². The van der Waals surface area contributed by atoms with Crippen molar-refractivity contribution >= 4 is 26.9 Å². The molecule has 2 N–H and O–H groups in total. The molecule has 4 aliphatic rings. The highest BCUT2D eigenvalue weighted by molar-refractivity contribution is 7.17. The maximum Gasteiger partial charge on any atom is 0.329 e. The third-order valence-electron chi connectivity index (χ3n) is 9.10. The van der Waals surface area contributed by atoms with Crippen LogP contribution in [0.25, 0.3) is 0 Å². The molecule has 36 heavy (non-hydrogen) atoms. The summed E-state index contributed by atoms with van der Waals surface area (Å²) >= 11 is 0. The van der Waals surface area contributed by atoms with Gasteiger partial charge in [-0.3, -0.25) is 9.59 Å². The average Bonchev–Trinajstić information content (AvgIpc) is 3.30. The SMILES string of the molecule is COC1C(O)CCC2CC(C(C)OC(=O)C3CCCCN3C(=O)C(=O)C3(O)OC(P)CCC3C)CC21. The number of nitrogens with zero attached hydrogens (tertiary/aromatic N) is 1. The molecule has 2 aliphatic heterocycles. The summed E-state index contributed by atoms with van der Waals surface area (Å²) in [6.07, 6.45) is 5.45. The van der Waals surface area contributed by atoms with Crippen molar-refractivity contribution in [3.63, 3.8) is 0 Å². The molecule has 4 fully saturated rings. The number of Topliss-reactive ketones (excluding diaryl/α,β-unsaturated/α-hetero) is 1. The van der Waals surface area contributed by atoms with Gasteiger partial charge in [0.1, 0.15) is 12.1 Å². The molecule has 9 nitrogen and oxygen atoms in total. The lowest BCUT2D eigenvalue weighted by Gasteiger charge is -2.41. The number of ketones is 1. The highest BCUT2D eigenvalue weighted by Gasteiger charge is 2.52. The molecular formula is C26H42NO8P. The standard InChI is InChI=1S/C26H42NO8P/c1-14-7-10-21(36)35-26(14,32)23(29)24(30)27-11-5-4-6-19(27)25(31)34-15(2)17-12-16-8-9-20(28)22(33-3)18(16)13-17/h14-22,28,32H,4-13,36H2,1-3H3. The normalized spacial score (nSPS) is 41.9. The van der Waals surface area contributed by atoms with Gasteiger partial charge in [-0.1, -0.05) is 6.92 Å². The van der Waals surface area contributed by atoms with Gasteiger partial charge in [0.25, 0.3) is 11.7 Å². The smallest absolute Gasteiger partial charge is 0.329 e. The zero-order chi connectivity index (χ0) is 26.2. The van der Waals surface area contributed by atoms with E-state index in [0.717, 1.165) is 32.1 Å². The predicted molar refractivity (Wildman–Crippen MR) is 134 cm³/mol. The molecule has 0 aromatic rings. The van der Waals surface area contributed by atoms with Gasteiger partial charge in [0.2, 0.25) is 5.79 Å². The number of likely N-dealkylation sites (tertiary alicyclic amines) is 1. The number of carbonyl (C=O) groups is 3. The van der Waals surface area contributed by atoms with E-state index in [-0.39, 0.29) is 30.6 Å². The van der Waals surface area contributed by atoms with E-state index in [1.54, 1.807) is 14.0 Å². The fraction of sp³-hybridized carbons (Fsp3) is 0.885. The van der Waals surface area contributed by atoms with Gasteiger partial charge in [0, 0.05) is 19.6 Å². The Hall–Kier alpha value is -1.12. The summed E-state index contributed by atoms with van der Waals surface area (Å²) in [7, 11) is 4.08. The second-order valence-electron chi connectivity index (χ2n) is 11.3. The molecule has 2 heterocycles. The number of fused-ring (bicyclic) bond motifs is 1. The van der Waals surface area contributed by atoms with Gasteiger partial charge in [0.05, 0.1) is 18.1 Å². The molecule has 0 bridgehead atoms. The molecule has 2 saturated carbocycles. The van der Waals surface area contributed by atoms with Gasteiger partial charge in [-0.05, 0) is 82.5 Å². The number of hydrogen-bond acceptors (Lipinski definition) is 8. The van der Waals surface area contributed by atoms with Gasteiger partial charge in [-0.25, -0.2) is 4.79 Å². The minimum atomic E-state index is -2.19. The van der Waals surface area contributed by atoms with Crippen molar-refractivity contribution in [2.45, 2.75) is 108 Å². The van der Waals surface area contributed by atoms with Crippen molar-refractivity contribution in [2.24, 2.45) is 23.7 Å². The first-order valence-corrected chi connectivity index (χ1v) is 14.2.